The molecular formula is C11H12ClNO2. The fourth-order valence-corrected chi connectivity index (χ4v) is 1.51. The first-order valence-electron chi connectivity index (χ1n) is 4.44. The molecule has 0 saturated carbocycles. The van der Waals surface area contributed by atoms with Crippen LogP contribution in [0.4, 0.5) is 0 Å². The van der Waals surface area contributed by atoms with E-state index in [4.69, 9.17) is 16.3 Å². The van der Waals surface area contributed by atoms with Crippen LogP contribution in [0.3, 0.4) is 0 Å². The van der Waals surface area contributed by atoms with Gasteiger partial charge in [-0.1, -0.05) is 17.7 Å². The Kier molecular flexibility index (Phi) is 3.51. The van der Waals surface area contributed by atoms with Crippen LogP contribution in [0.25, 0.3) is 0 Å². The third kappa shape index (κ3) is 2.58. The number of aliphatic imine (C=N–C) groups is 1. The number of hydrogen-bond donors (Lipinski definition) is 0. The molecule has 1 aromatic carbocycles. The standard InChI is InChI=1S/C11H12ClNO2/c1-11(2,13-7-14)9-5-4-8(12)6-10(9)15-3/h4-6H,1-3H3. The number of hydrogen-bond acceptors (Lipinski definition) is 3. The van der Waals surface area contributed by atoms with Gasteiger partial charge in [0.1, 0.15) is 5.75 Å². The van der Waals surface area contributed by atoms with E-state index in [-0.39, 0.29) is 0 Å². The maximum atomic E-state index is 10.3. The van der Waals surface area contributed by atoms with E-state index in [2.05, 4.69) is 4.99 Å². The first-order chi connectivity index (χ1) is 7.01. The SMILES string of the molecule is COc1cc(Cl)ccc1C(C)(C)N=C=O. The number of benzene rings is 1. The summed E-state index contributed by atoms with van der Waals surface area (Å²) in [5.74, 6) is 0.617. The van der Waals surface area contributed by atoms with Crippen LogP contribution in [0.5, 0.6) is 5.75 Å². The maximum Gasteiger partial charge on any atom is 0.235 e. The van der Waals surface area contributed by atoms with Gasteiger partial charge >= 0.3 is 0 Å². The predicted molar refractivity (Wildman–Crippen MR) is 59.2 cm³/mol. The number of rotatable bonds is 3. The van der Waals surface area contributed by atoms with Crippen LogP contribution in [0.1, 0.15) is 19.4 Å². The number of halogens is 1. The molecule has 0 atom stereocenters. The minimum absolute atomic E-state index is 0.585. The van der Waals surface area contributed by atoms with Crippen molar-refractivity contribution < 1.29 is 9.53 Å². The first kappa shape index (κ1) is 11.8. The van der Waals surface area contributed by atoms with Crippen LogP contribution in [-0.2, 0) is 10.3 Å². The van der Waals surface area contributed by atoms with Gasteiger partial charge in [0.2, 0.25) is 6.08 Å². The fraction of sp³-hybridized carbons (Fsp3) is 0.364. The van der Waals surface area contributed by atoms with Crippen LogP contribution in [0, 0.1) is 0 Å². The van der Waals surface area contributed by atoms with Crippen molar-refractivity contribution in [3.8, 4) is 5.75 Å². The average molecular weight is 226 g/mol. The third-order valence-electron chi connectivity index (χ3n) is 2.15. The number of ether oxygens (including phenoxy) is 1. The van der Waals surface area contributed by atoms with Gasteiger partial charge in [-0.15, -0.1) is 0 Å². The number of isocyanates is 1. The summed E-state index contributed by atoms with van der Waals surface area (Å²) in [6.07, 6.45) is 1.56. The summed E-state index contributed by atoms with van der Waals surface area (Å²) in [4.78, 5) is 14.0. The van der Waals surface area contributed by atoms with Gasteiger partial charge < -0.3 is 4.74 Å². The lowest BCUT2D eigenvalue weighted by Gasteiger charge is -2.20. The molecule has 1 aromatic rings. The van der Waals surface area contributed by atoms with Crippen molar-refractivity contribution in [1.82, 2.24) is 0 Å². The average Bonchev–Trinajstić information content (AvgIpc) is 2.17. The number of carbonyl (C=O) groups excluding carboxylic acids is 1. The predicted octanol–water partition coefficient (Wildman–Crippen LogP) is 2.92. The second-order valence-corrected chi connectivity index (χ2v) is 4.04. The van der Waals surface area contributed by atoms with Crippen molar-refractivity contribution >= 4 is 17.7 Å². The quantitative estimate of drug-likeness (QED) is 0.586. The second kappa shape index (κ2) is 4.47. The van der Waals surface area contributed by atoms with E-state index in [0.29, 0.717) is 10.8 Å². The Balaban J connectivity index is 3.30. The Labute approximate surface area is 93.7 Å². The van der Waals surface area contributed by atoms with E-state index in [1.165, 1.54) is 0 Å². The highest BCUT2D eigenvalue weighted by Crippen LogP contribution is 2.34. The Hall–Kier alpha value is -1.31. The minimum atomic E-state index is -0.655. The van der Waals surface area contributed by atoms with Crippen molar-refractivity contribution in [2.45, 2.75) is 19.4 Å². The Bertz CT molecular complexity index is 409. The highest BCUT2D eigenvalue weighted by molar-refractivity contribution is 6.30. The van der Waals surface area contributed by atoms with Crippen molar-refractivity contribution in [3.05, 3.63) is 28.8 Å². The molecule has 0 fully saturated rings. The van der Waals surface area contributed by atoms with E-state index in [9.17, 15) is 4.79 Å². The monoisotopic (exact) mass is 225 g/mol. The molecule has 0 heterocycles. The molecule has 0 spiro atoms. The minimum Gasteiger partial charge on any atom is -0.496 e. The van der Waals surface area contributed by atoms with Gasteiger partial charge in [-0.3, -0.25) is 0 Å². The molecule has 0 radical (unpaired) electrons. The zero-order valence-electron chi connectivity index (χ0n) is 8.87. The lowest BCUT2D eigenvalue weighted by atomic mass is 9.94. The van der Waals surface area contributed by atoms with E-state index in [0.717, 1.165) is 5.56 Å². The molecule has 1 rings (SSSR count). The van der Waals surface area contributed by atoms with Crippen molar-refractivity contribution in [3.63, 3.8) is 0 Å². The largest absolute Gasteiger partial charge is 0.496 e. The van der Waals surface area contributed by atoms with Crippen LogP contribution >= 0.6 is 11.6 Å². The van der Waals surface area contributed by atoms with E-state index >= 15 is 0 Å². The Morgan fingerprint density at radius 3 is 2.67 bits per heavy atom. The van der Waals surface area contributed by atoms with Gasteiger partial charge in [0.05, 0.1) is 12.6 Å². The molecule has 0 aliphatic heterocycles. The molecule has 0 N–H and O–H groups in total. The summed E-state index contributed by atoms with van der Waals surface area (Å²) >= 11 is 5.83. The molecule has 80 valence electrons. The van der Waals surface area contributed by atoms with Gasteiger partial charge in [0, 0.05) is 10.6 Å². The Morgan fingerprint density at radius 1 is 1.47 bits per heavy atom. The molecule has 15 heavy (non-hydrogen) atoms. The summed E-state index contributed by atoms with van der Waals surface area (Å²) in [5, 5.41) is 0.585. The first-order valence-corrected chi connectivity index (χ1v) is 4.82. The summed E-state index contributed by atoms with van der Waals surface area (Å²) in [6.45, 7) is 3.62. The summed E-state index contributed by atoms with van der Waals surface area (Å²) < 4.78 is 5.18. The lowest BCUT2D eigenvalue weighted by Crippen LogP contribution is -2.14. The molecular weight excluding hydrogens is 214 g/mol. The third-order valence-corrected chi connectivity index (χ3v) is 2.38. The van der Waals surface area contributed by atoms with Gasteiger partial charge in [0.15, 0.2) is 0 Å². The number of methoxy groups -OCH3 is 1. The molecule has 0 amide bonds. The highest BCUT2D eigenvalue weighted by Gasteiger charge is 2.23. The molecule has 0 unspecified atom stereocenters. The lowest BCUT2D eigenvalue weighted by molar-refractivity contribution is 0.394. The van der Waals surface area contributed by atoms with E-state index < -0.39 is 5.54 Å². The molecule has 0 aliphatic rings. The Morgan fingerprint density at radius 2 is 2.13 bits per heavy atom. The normalized spacial score (nSPS) is 10.7. The highest BCUT2D eigenvalue weighted by atomic mass is 35.5. The molecule has 0 aromatic heterocycles. The van der Waals surface area contributed by atoms with E-state index in [1.54, 1.807) is 31.4 Å². The molecule has 0 aliphatic carbocycles. The fourth-order valence-electron chi connectivity index (χ4n) is 1.34. The topological polar surface area (TPSA) is 38.7 Å². The molecule has 4 heteroatoms. The second-order valence-electron chi connectivity index (χ2n) is 3.61. The molecule has 0 saturated heterocycles. The van der Waals surface area contributed by atoms with Crippen molar-refractivity contribution in [2.75, 3.05) is 7.11 Å². The molecule has 0 bridgehead atoms. The van der Waals surface area contributed by atoms with Crippen LogP contribution in [0.2, 0.25) is 5.02 Å². The van der Waals surface area contributed by atoms with E-state index in [1.807, 2.05) is 13.8 Å². The van der Waals surface area contributed by atoms with Crippen molar-refractivity contribution in [1.29, 1.82) is 0 Å². The van der Waals surface area contributed by atoms with Gasteiger partial charge in [0.25, 0.3) is 0 Å². The zero-order chi connectivity index (χ0) is 11.5. The van der Waals surface area contributed by atoms with Gasteiger partial charge in [-0.05, 0) is 26.0 Å². The molecule has 3 nitrogen and oxygen atoms in total. The van der Waals surface area contributed by atoms with Crippen LogP contribution in [-0.4, -0.2) is 13.2 Å². The summed E-state index contributed by atoms with van der Waals surface area (Å²) in [7, 11) is 1.55. The van der Waals surface area contributed by atoms with Crippen LogP contribution < -0.4 is 4.74 Å². The maximum absolute atomic E-state index is 10.3. The summed E-state index contributed by atoms with van der Waals surface area (Å²) in [6, 6.07) is 5.22. The van der Waals surface area contributed by atoms with Crippen molar-refractivity contribution in [2.24, 2.45) is 4.99 Å². The zero-order valence-corrected chi connectivity index (χ0v) is 9.63. The van der Waals surface area contributed by atoms with Crippen LogP contribution in [0.15, 0.2) is 23.2 Å². The summed E-state index contributed by atoms with van der Waals surface area (Å²) in [5.41, 5.74) is 0.148. The smallest absolute Gasteiger partial charge is 0.235 e. The van der Waals surface area contributed by atoms with Gasteiger partial charge in [-0.25, -0.2) is 4.79 Å². The van der Waals surface area contributed by atoms with Gasteiger partial charge in [-0.2, -0.15) is 4.99 Å². The number of nitrogens with zero attached hydrogens (tertiary/aromatic N) is 1.